The lowest BCUT2D eigenvalue weighted by Gasteiger charge is -2.24. The fourth-order valence-electron chi connectivity index (χ4n) is 2.43. The quantitative estimate of drug-likeness (QED) is 0.523. The molecule has 0 aliphatic rings. The molecule has 118 valence electrons. The molecule has 1 aromatic carbocycles. The summed E-state index contributed by atoms with van der Waals surface area (Å²) in [6, 6.07) is 13.2. The Labute approximate surface area is 139 Å². The van der Waals surface area contributed by atoms with Gasteiger partial charge in [-0.25, -0.2) is 0 Å². The smallest absolute Gasteiger partial charge is 0.0366 e. The molecule has 0 N–H and O–H groups in total. The average Bonchev–Trinajstić information content (AvgIpc) is 3.07. The normalized spacial score (nSPS) is 11.2. The first-order valence-electron chi connectivity index (χ1n) is 8.40. The summed E-state index contributed by atoms with van der Waals surface area (Å²) >= 11 is 1.77. The zero-order valence-corrected chi connectivity index (χ0v) is 14.6. The summed E-state index contributed by atoms with van der Waals surface area (Å²) in [6.07, 6.45) is 9.42. The van der Waals surface area contributed by atoms with E-state index in [9.17, 15) is 0 Å². The second-order valence-corrected chi connectivity index (χ2v) is 6.61. The van der Waals surface area contributed by atoms with E-state index in [-0.39, 0.29) is 0 Å². The Morgan fingerprint density at radius 3 is 2.14 bits per heavy atom. The van der Waals surface area contributed by atoms with Crippen molar-refractivity contribution in [2.45, 2.75) is 39.5 Å². The second kappa shape index (κ2) is 9.47. The van der Waals surface area contributed by atoms with Gasteiger partial charge < -0.3 is 4.90 Å². The first-order valence-corrected chi connectivity index (χ1v) is 9.28. The maximum Gasteiger partial charge on any atom is 0.0366 e. The predicted octanol–water partition coefficient (Wildman–Crippen LogP) is 6.33. The first-order chi connectivity index (χ1) is 10.8. The molecule has 0 fully saturated rings. The molecule has 22 heavy (non-hydrogen) atoms. The number of rotatable bonds is 9. The van der Waals surface area contributed by atoms with Crippen LogP contribution in [0, 0.1) is 0 Å². The molecule has 2 rings (SSSR count). The number of hydrogen-bond acceptors (Lipinski definition) is 2. The molecule has 0 aliphatic carbocycles. The number of thiophene rings is 1. The fraction of sp³-hybridized carbons (Fsp3) is 0.400. The zero-order valence-electron chi connectivity index (χ0n) is 13.8. The summed E-state index contributed by atoms with van der Waals surface area (Å²) in [7, 11) is 0. The van der Waals surface area contributed by atoms with Crippen molar-refractivity contribution in [3.05, 3.63) is 52.2 Å². The van der Waals surface area contributed by atoms with Crippen molar-refractivity contribution in [3.63, 3.8) is 0 Å². The van der Waals surface area contributed by atoms with E-state index >= 15 is 0 Å². The van der Waals surface area contributed by atoms with Gasteiger partial charge in [0.2, 0.25) is 0 Å². The minimum Gasteiger partial charge on any atom is -0.372 e. The maximum atomic E-state index is 2.53. The van der Waals surface area contributed by atoms with Crippen LogP contribution < -0.4 is 4.90 Å². The van der Waals surface area contributed by atoms with Gasteiger partial charge in [-0.3, -0.25) is 0 Å². The first kappa shape index (κ1) is 16.8. The van der Waals surface area contributed by atoms with E-state index in [1.807, 2.05) is 0 Å². The monoisotopic (exact) mass is 313 g/mol. The number of nitrogens with zero attached hydrogens (tertiary/aromatic N) is 1. The highest BCUT2D eigenvalue weighted by molar-refractivity contribution is 7.10. The third-order valence-corrected chi connectivity index (χ3v) is 4.64. The maximum absolute atomic E-state index is 2.53. The van der Waals surface area contributed by atoms with Gasteiger partial charge in [0.25, 0.3) is 0 Å². The fourth-order valence-corrected chi connectivity index (χ4v) is 3.05. The predicted molar refractivity (Wildman–Crippen MR) is 102 cm³/mol. The highest BCUT2D eigenvalue weighted by Gasteiger charge is 2.05. The van der Waals surface area contributed by atoms with Crippen LogP contribution in [0.2, 0.25) is 0 Å². The molecule has 0 amide bonds. The highest BCUT2D eigenvalue weighted by atomic mass is 32.1. The summed E-state index contributed by atoms with van der Waals surface area (Å²) < 4.78 is 0. The van der Waals surface area contributed by atoms with Crippen LogP contribution in [-0.2, 0) is 0 Å². The summed E-state index contributed by atoms with van der Waals surface area (Å²) in [5.74, 6) is 0. The van der Waals surface area contributed by atoms with Crippen LogP contribution in [0.1, 0.15) is 50.0 Å². The minimum absolute atomic E-state index is 1.17. The standard InChI is InChI=1S/C20H27NS/c1-3-5-15-21(16-6-4-2)19-12-9-18(10-13-19)11-14-20-8-7-17-22-20/h7-14,17H,3-6,15-16H2,1-2H3/b14-11+. The molecular formula is C20H27NS. The molecule has 0 bridgehead atoms. The van der Waals surface area contributed by atoms with E-state index in [2.05, 4.69) is 72.7 Å². The van der Waals surface area contributed by atoms with Crippen molar-refractivity contribution in [3.8, 4) is 0 Å². The highest BCUT2D eigenvalue weighted by Crippen LogP contribution is 2.19. The summed E-state index contributed by atoms with van der Waals surface area (Å²) in [5, 5.41) is 2.11. The van der Waals surface area contributed by atoms with Crippen LogP contribution in [0.5, 0.6) is 0 Å². The SMILES string of the molecule is CCCCN(CCCC)c1ccc(/C=C/c2cccs2)cc1. The van der Waals surface area contributed by atoms with Crippen LogP contribution in [-0.4, -0.2) is 13.1 Å². The molecule has 1 aromatic heterocycles. The lowest BCUT2D eigenvalue weighted by Crippen LogP contribution is -2.25. The van der Waals surface area contributed by atoms with Gasteiger partial charge in [0.15, 0.2) is 0 Å². The van der Waals surface area contributed by atoms with Gasteiger partial charge in [-0.15, -0.1) is 11.3 Å². The summed E-state index contributed by atoms with van der Waals surface area (Å²) in [5.41, 5.74) is 2.62. The molecular weight excluding hydrogens is 286 g/mol. The van der Waals surface area contributed by atoms with E-state index in [0.29, 0.717) is 0 Å². The zero-order chi connectivity index (χ0) is 15.6. The van der Waals surface area contributed by atoms with Crippen molar-refractivity contribution in [2.24, 2.45) is 0 Å². The lowest BCUT2D eigenvalue weighted by molar-refractivity contribution is 0.678. The van der Waals surface area contributed by atoms with Crippen molar-refractivity contribution >= 4 is 29.2 Å². The molecule has 0 radical (unpaired) electrons. The van der Waals surface area contributed by atoms with E-state index in [0.717, 1.165) is 0 Å². The Morgan fingerprint density at radius 2 is 1.59 bits per heavy atom. The number of anilines is 1. The summed E-state index contributed by atoms with van der Waals surface area (Å²) in [6.45, 7) is 6.86. The molecule has 1 heterocycles. The Kier molecular flexibility index (Phi) is 7.24. The molecule has 0 spiro atoms. The van der Waals surface area contributed by atoms with E-state index in [4.69, 9.17) is 0 Å². The molecule has 0 unspecified atom stereocenters. The number of hydrogen-bond donors (Lipinski definition) is 0. The van der Waals surface area contributed by atoms with Crippen LogP contribution in [0.4, 0.5) is 5.69 Å². The Bertz CT molecular complexity index is 532. The van der Waals surface area contributed by atoms with Crippen LogP contribution >= 0.6 is 11.3 Å². The Balaban J connectivity index is 2.01. The molecule has 0 saturated heterocycles. The molecule has 2 aromatic rings. The van der Waals surface area contributed by atoms with E-state index in [1.165, 1.54) is 54.9 Å². The average molecular weight is 314 g/mol. The van der Waals surface area contributed by atoms with Gasteiger partial charge in [0.1, 0.15) is 0 Å². The van der Waals surface area contributed by atoms with Gasteiger partial charge in [0, 0.05) is 23.7 Å². The Hall–Kier alpha value is -1.54. The number of benzene rings is 1. The minimum atomic E-state index is 1.17. The second-order valence-electron chi connectivity index (χ2n) is 5.63. The van der Waals surface area contributed by atoms with Gasteiger partial charge in [-0.05, 0) is 48.1 Å². The van der Waals surface area contributed by atoms with Gasteiger partial charge >= 0.3 is 0 Å². The van der Waals surface area contributed by atoms with Crippen molar-refractivity contribution in [2.75, 3.05) is 18.0 Å². The van der Waals surface area contributed by atoms with Gasteiger partial charge in [-0.2, -0.15) is 0 Å². The molecule has 1 nitrogen and oxygen atoms in total. The van der Waals surface area contributed by atoms with Crippen LogP contribution in [0.15, 0.2) is 41.8 Å². The van der Waals surface area contributed by atoms with Crippen LogP contribution in [0.3, 0.4) is 0 Å². The summed E-state index contributed by atoms with van der Waals surface area (Å²) in [4.78, 5) is 3.83. The topological polar surface area (TPSA) is 3.24 Å². The van der Waals surface area contributed by atoms with Crippen molar-refractivity contribution in [1.29, 1.82) is 0 Å². The van der Waals surface area contributed by atoms with E-state index < -0.39 is 0 Å². The van der Waals surface area contributed by atoms with E-state index in [1.54, 1.807) is 11.3 Å². The van der Waals surface area contributed by atoms with Crippen molar-refractivity contribution < 1.29 is 0 Å². The third-order valence-electron chi connectivity index (χ3n) is 3.80. The number of unbranched alkanes of at least 4 members (excludes halogenated alkanes) is 2. The molecule has 0 atom stereocenters. The lowest BCUT2D eigenvalue weighted by atomic mass is 10.1. The largest absolute Gasteiger partial charge is 0.372 e. The molecule has 0 aliphatic heterocycles. The Morgan fingerprint density at radius 1 is 0.909 bits per heavy atom. The van der Waals surface area contributed by atoms with Gasteiger partial charge in [-0.1, -0.05) is 51.0 Å². The van der Waals surface area contributed by atoms with Crippen LogP contribution in [0.25, 0.3) is 12.2 Å². The van der Waals surface area contributed by atoms with Crippen molar-refractivity contribution in [1.82, 2.24) is 0 Å². The molecule has 2 heteroatoms. The third kappa shape index (κ3) is 5.34. The van der Waals surface area contributed by atoms with Gasteiger partial charge in [0.05, 0.1) is 0 Å². The molecule has 0 saturated carbocycles.